The molecule has 7 heteroatoms. The number of nitrogens with zero attached hydrogens (tertiary/aromatic N) is 3. The maximum absolute atomic E-state index is 12.8. The Kier molecular flexibility index (Phi) is 5.22. The summed E-state index contributed by atoms with van der Waals surface area (Å²) in [5, 5.41) is 0. The molecule has 2 aromatic heterocycles. The number of hydrogen-bond donors (Lipinski definition) is 2. The second kappa shape index (κ2) is 7.97. The van der Waals surface area contributed by atoms with Crippen LogP contribution in [0.25, 0.3) is 28.5 Å². The summed E-state index contributed by atoms with van der Waals surface area (Å²) < 4.78 is 0. The highest BCUT2D eigenvalue weighted by Gasteiger charge is 2.24. The van der Waals surface area contributed by atoms with Crippen LogP contribution in [0.4, 0.5) is 0 Å². The van der Waals surface area contributed by atoms with Crippen LogP contribution in [0.2, 0.25) is 0 Å². The van der Waals surface area contributed by atoms with Crippen molar-refractivity contribution in [2.45, 2.75) is 12.8 Å². The molecule has 0 spiro atoms. The highest BCUT2D eigenvalue weighted by molar-refractivity contribution is 5.98. The minimum atomic E-state index is -0.520. The number of rotatable bonds is 5. The number of amides is 1. The number of benzene rings is 1. The Labute approximate surface area is 168 Å². The van der Waals surface area contributed by atoms with E-state index in [-0.39, 0.29) is 11.7 Å². The van der Waals surface area contributed by atoms with Gasteiger partial charge in [-0.3, -0.25) is 9.59 Å². The maximum Gasteiger partial charge on any atom is 0.241 e. The lowest BCUT2D eigenvalue weighted by Crippen LogP contribution is -2.33. The lowest BCUT2D eigenvalue weighted by atomic mass is 9.89. The molecule has 7 nitrogen and oxygen atoms in total. The Hall–Kier alpha value is -3.32. The third-order valence-corrected chi connectivity index (χ3v) is 5.39. The van der Waals surface area contributed by atoms with Gasteiger partial charge in [0.25, 0.3) is 0 Å². The van der Waals surface area contributed by atoms with Gasteiger partial charge in [0, 0.05) is 34.9 Å². The van der Waals surface area contributed by atoms with Gasteiger partial charge in [0.05, 0.1) is 11.9 Å². The average molecular weight is 389 g/mol. The van der Waals surface area contributed by atoms with Crippen LogP contribution in [-0.4, -0.2) is 51.7 Å². The average Bonchev–Trinajstić information content (AvgIpc) is 3.14. The van der Waals surface area contributed by atoms with Gasteiger partial charge in [0.15, 0.2) is 11.4 Å². The summed E-state index contributed by atoms with van der Waals surface area (Å²) in [6, 6.07) is 7.55. The van der Waals surface area contributed by atoms with Crippen LogP contribution >= 0.6 is 0 Å². The zero-order chi connectivity index (χ0) is 20.4. The second-order valence-corrected chi connectivity index (χ2v) is 7.45. The minimum absolute atomic E-state index is 0.104. The topological polar surface area (TPSA) is 105 Å². The molecule has 0 aliphatic carbocycles. The standard InChI is InChI=1S/C22H23N5O2/c1-27-10-8-16(9-11-27)21(29)15-4-2-14(3-5-15)18-13-25-22-20(26-18)17(12-24-22)6-7-19(23)28/h2-7,12-13,16H,8-11H2,1H3,(H2,23,28)(H,24,25)/b7-6+. The molecule has 1 amide bonds. The molecule has 0 radical (unpaired) electrons. The molecule has 0 atom stereocenters. The number of carbonyl (C=O) groups excluding carboxylic acids is 2. The summed E-state index contributed by atoms with van der Waals surface area (Å²) in [5.74, 6) is -0.198. The Morgan fingerprint density at radius 3 is 2.62 bits per heavy atom. The van der Waals surface area contributed by atoms with Crippen molar-refractivity contribution in [3.05, 3.63) is 53.9 Å². The van der Waals surface area contributed by atoms with Crippen molar-refractivity contribution < 1.29 is 9.59 Å². The Balaban J connectivity index is 1.57. The van der Waals surface area contributed by atoms with Crippen molar-refractivity contribution in [2.75, 3.05) is 20.1 Å². The van der Waals surface area contributed by atoms with E-state index in [1.165, 1.54) is 6.08 Å². The predicted molar refractivity (Wildman–Crippen MR) is 112 cm³/mol. The van der Waals surface area contributed by atoms with Gasteiger partial charge in [-0.2, -0.15) is 0 Å². The smallest absolute Gasteiger partial charge is 0.241 e. The lowest BCUT2D eigenvalue weighted by molar-refractivity contribution is -0.113. The largest absolute Gasteiger partial charge is 0.366 e. The summed E-state index contributed by atoms with van der Waals surface area (Å²) in [6.45, 7) is 1.93. The van der Waals surface area contributed by atoms with E-state index >= 15 is 0 Å². The van der Waals surface area contributed by atoms with Crippen LogP contribution in [0, 0.1) is 5.92 Å². The van der Waals surface area contributed by atoms with Crippen molar-refractivity contribution in [3.8, 4) is 11.3 Å². The summed E-state index contributed by atoms with van der Waals surface area (Å²) >= 11 is 0. The molecule has 1 aromatic carbocycles. The highest BCUT2D eigenvalue weighted by atomic mass is 16.1. The molecular weight excluding hydrogens is 366 g/mol. The van der Waals surface area contributed by atoms with E-state index in [4.69, 9.17) is 5.73 Å². The third kappa shape index (κ3) is 4.09. The first-order valence-corrected chi connectivity index (χ1v) is 9.66. The molecule has 1 fully saturated rings. The summed E-state index contributed by atoms with van der Waals surface area (Å²) in [5.41, 5.74) is 9.52. The zero-order valence-corrected chi connectivity index (χ0v) is 16.3. The summed E-state index contributed by atoms with van der Waals surface area (Å²) in [4.78, 5) is 38.1. The van der Waals surface area contributed by atoms with Crippen molar-refractivity contribution in [1.82, 2.24) is 19.9 Å². The van der Waals surface area contributed by atoms with Gasteiger partial charge in [-0.25, -0.2) is 9.97 Å². The van der Waals surface area contributed by atoms with Crippen LogP contribution in [0.1, 0.15) is 28.8 Å². The molecule has 1 aliphatic heterocycles. The van der Waals surface area contributed by atoms with E-state index in [2.05, 4.69) is 26.9 Å². The number of aromatic amines is 1. The van der Waals surface area contributed by atoms with E-state index in [9.17, 15) is 9.59 Å². The predicted octanol–water partition coefficient (Wildman–Crippen LogP) is 2.65. The zero-order valence-electron chi connectivity index (χ0n) is 16.3. The van der Waals surface area contributed by atoms with Gasteiger partial charge < -0.3 is 15.6 Å². The molecular formula is C22H23N5O2. The fourth-order valence-electron chi connectivity index (χ4n) is 3.66. The number of aromatic nitrogens is 3. The number of piperidine rings is 1. The number of primary amides is 1. The van der Waals surface area contributed by atoms with Gasteiger partial charge in [-0.15, -0.1) is 0 Å². The number of nitrogens with one attached hydrogen (secondary N) is 1. The lowest BCUT2D eigenvalue weighted by Gasteiger charge is -2.28. The SMILES string of the molecule is CN1CCC(C(=O)c2ccc(-c3cnc4[nH]cc(/C=C/C(N)=O)c4n3)cc2)CC1. The van der Waals surface area contributed by atoms with Gasteiger partial charge in [-0.1, -0.05) is 24.3 Å². The molecule has 3 aromatic rings. The molecule has 3 N–H and O–H groups in total. The second-order valence-electron chi connectivity index (χ2n) is 7.45. The quantitative estimate of drug-likeness (QED) is 0.516. The fourth-order valence-corrected chi connectivity index (χ4v) is 3.66. The van der Waals surface area contributed by atoms with Gasteiger partial charge in [0.1, 0.15) is 5.52 Å². The van der Waals surface area contributed by atoms with Crippen LogP contribution in [-0.2, 0) is 4.79 Å². The fraction of sp³-hybridized carbons (Fsp3) is 0.273. The van der Waals surface area contributed by atoms with E-state index in [1.807, 2.05) is 24.3 Å². The molecule has 0 saturated carbocycles. The number of likely N-dealkylation sites (tertiary alicyclic amines) is 1. The number of hydrogen-bond acceptors (Lipinski definition) is 5. The van der Waals surface area contributed by atoms with Crippen molar-refractivity contribution in [3.63, 3.8) is 0 Å². The molecule has 1 aliphatic rings. The molecule has 0 bridgehead atoms. The van der Waals surface area contributed by atoms with Gasteiger partial charge in [-0.05, 0) is 39.1 Å². The van der Waals surface area contributed by atoms with Crippen molar-refractivity contribution in [2.24, 2.45) is 11.7 Å². The third-order valence-electron chi connectivity index (χ3n) is 5.39. The van der Waals surface area contributed by atoms with Gasteiger partial charge >= 0.3 is 0 Å². The first kappa shape index (κ1) is 19.0. The molecule has 148 valence electrons. The monoisotopic (exact) mass is 389 g/mol. The van der Waals surface area contributed by atoms with E-state index in [0.29, 0.717) is 16.9 Å². The molecule has 1 saturated heterocycles. The highest BCUT2D eigenvalue weighted by Crippen LogP contribution is 2.25. The van der Waals surface area contributed by atoms with Crippen LogP contribution in [0.15, 0.2) is 42.7 Å². The van der Waals surface area contributed by atoms with E-state index in [0.717, 1.165) is 42.6 Å². The summed E-state index contributed by atoms with van der Waals surface area (Å²) in [7, 11) is 2.09. The number of nitrogens with two attached hydrogens (primary N) is 1. The molecule has 29 heavy (non-hydrogen) atoms. The van der Waals surface area contributed by atoms with Crippen molar-refractivity contribution in [1.29, 1.82) is 0 Å². The number of fused-ring (bicyclic) bond motifs is 1. The van der Waals surface area contributed by atoms with Crippen molar-refractivity contribution >= 4 is 28.9 Å². The van der Waals surface area contributed by atoms with E-state index < -0.39 is 5.91 Å². The van der Waals surface area contributed by atoms with Crippen LogP contribution in [0.5, 0.6) is 0 Å². The first-order valence-electron chi connectivity index (χ1n) is 9.66. The number of H-pyrrole nitrogens is 1. The maximum atomic E-state index is 12.8. The van der Waals surface area contributed by atoms with Crippen LogP contribution < -0.4 is 5.73 Å². The molecule has 0 unspecified atom stereocenters. The normalized spacial score (nSPS) is 15.9. The van der Waals surface area contributed by atoms with Gasteiger partial charge in [0.2, 0.25) is 5.91 Å². The number of Topliss-reactive ketones (excluding diaryl/α,β-unsaturated/α-hetero) is 1. The Morgan fingerprint density at radius 1 is 1.21 bits per heavy atom. The first-order chi connectivity index (χ1) is 14.0. The Bertz CT molecular complexity index is 1080. The Morgan fingerprint density at radius 2 is 1.93 bits per heavy atom. The number of ketones is 1. The number of carbonyl (C=O) groups is 2. The molecule has 3 heterocycles. The molecule has 4 rings (SSSR count). The van der Waals surface area contributed by atoms with E-state index in [1.54, 1.807) is 18.5 Å². The minimum Gasteiger partial charge on any atom is -0.366 e. The summed E-state index contributed by atoms with van der Waals surface area (Å²) in [6.07, 6.45) is 8.15. The van der Waals surface area contributed by atoms with Crippen LogP contribution in [0.3, 0.4) is 0 Å².